The van der Waals surface area contributed by atoms with Crippen LogP contribution in [0.25, 0.3) is 0 Å². The fourth-order valence-electron chi connectivity index (χ4n) is 3.07. The number of benzene rings is 3. The third-order valence-corrected chi connectivity index (χ3v) is 6.71. The van der Waals surface area contributed by atoms with Crippen LogP contribution in [-0.4, -0.2) is 18.9 Å². The van der Waals surface area contributed by atoms with Crippen molar-refractivity contribution in [2.45, 2.75) is 4.90 Å². The number of hydrogen-bond acceptors (Lipinski definition) is 5. The van der Waals surface area contributed by atoms with Crippen molar-refractivity contribution < 1.29 is 14.3 Å². The second-order valence-electron chi connectivity index (χ2n) is 6.64. The summed E-state index contributed by atoms with van der Waals surface area (Å²) in [4.78, 5) is 28.8. The molecule has 0 bridgehead atoms. The first-order chi connectivity index (χ1) is 15.4. The van der Waals surface area contributed by atoms with Gasteiger partial charge in [-0.15, -0.1) is 0 Å². The molecule has 0 unspecified atom stereocenters. The molecule has 1 aliphatic rings. The molecule has 3 aromatic rings. The first-order valence-electron chi connectivity index (χ1n) is 9.30. The van der Waals surface area contributed by atoms with Gasteiger partial charge >= 0.3 is 0 Å². The number of amides is 2. The fourth-order valence-corrected chi connectivity index (χ4v) is 4.57. The molecule has 2 amide bonds. The molecule has 162 valence electrons. The first kappa shape index (κ1) is 22.6. The van der Waals surface area contributed by atoms with Gasteiger partial charge in [0.15, 0.2) is 0 Å². The lowest BCUT2D eigenvalue weighted by Gasteiger charge is -2.16. The molecular weight excluding hydrogens is 491 g/mol. The van der Waals surface area contributed by atoms with E-state index in [0.717, 1.165) is 9.80 Å². The monoisotopic (exact) mass is 504 g/mol. The molecule has 1 N–H and O–H groups in total. The average Bonchev–Trinajstić information content (AvgIpc) is 3.00. The summed E-state index contributed by atoms with van der Waals surface area (Å²) in [5.74, 6) is -0.487. The standard InChI is InChI=1S/C23H15Cl3N2O3S/c1-31-19-10-7-13(11-18(19)26)27-20-21(32-15-5-3-2-4-6-15)23(30)28(22(20)29)14-8-9-16(24)17(25)12-14/h2-12,27H,1H3. The molecule has 0 fully saturated rings. The molecule has 1 heterocycles. The Morgan fingerprint density at radius 1 is 0.844 bits per heavy atom. The third-order valence-electron chi connectivity index (χ3n) is 4.59. The predicted molar refractivity (Wildman–Crippen MR) is 130 cm³/mol. The van der Waals surface area contributed by atoms with E-state index in [1.54, 1.807) is 30.3 Å². The highest BCUT2D eigenvalue weighted by atomic mass is 35.5. The van der Waals surface area contributed by atoms with E-state index in [-0.39, 0.29) is 15.6 Å². The van der Waals surface area contributed by atoms with Crippen LogP contribution in [-0.2, 0) is 9.59 Å². The molecule has 0 aromatic heterocycles. The van der Waals surface area contributed by atoms with Crippen LogP contribution in [0.4, 0.5) is 11.4 Å². The van der Waals surface area contributed by atoms with E-state index in [4.69, 9.17) is 39.5 Å². The normalized spacial score (nSPS) is 13.7. The lowest BCUT2D eigenvalue weighted by Crippen LogP contribution is -2.32. The lowest BCUT2D eigenvalue weighted by atomic mass is 10.2. The Kier molecular flexibility index (Phi) is 6.67. The number of carbonyl (C=O) groups excluding carboxylic acids is 2. The summed E-state index contributed by atoms with van der Waals surface area (Å²) >= 11 is 19.5. The highest BCUT2D eigenvalue weighted by Crippen LogP contribution is 2.39. The number of anilines is 2. The molecule has 0 aliphatic carbocycles. The van der Waals surface area contributed by atoms with Crippen LogP contribution in [0.3, 0.4) is 0 Å². The van der Waals surface area contributed by atoms with Gasteiger partial charge in [-0.2, -0.15) is 0 Å². The van der Waals surface area contributed by atoms with Crippen molar-refractivity contribution in [1.82, 2.24) is 0 Å². The maximum absolute atomic E-state index is 13.4. The summed E-state index contributed by atoms with van der Waals surface area (Å²) in [7, 11) is 1.51. The van der Waals surface area contributed by atoms with E-state index in [0.29, 0.717) is 27.2 Å². The quantitative estimate of drug-likeness (QED) is 0.380. The van der Waals surface area contributed by atoms with Gasteiger partial charge in [-0.05, 0) is 48.5 Å². The van der Waals surface area contributed by atoms with Gasteiger partial charge < -0.3 is 10.1 Å². The van der Waals surface area contributed by atoms with Crippen LogP contribution < -0.4 is 15.0 Å². The summed E-state index contributed by atoms with van der Waals surface area (Å²) in [6.45, 7) is 0. The molecule has 0 saturated heterocycles. The molecule has 1 aliphatic heterocycles. The summed E-state index contributed by atoms with van der Waals surface area (Å²) < 4.78 is 5.18. The number of imide groups is 1. The minimum atomic E-state index is -0.515. The van der Waals surface area contributed by atoms with E-state index >= 15 is 0 Å². The Hall–Kier alpha value is -2.64. The Morgan fingerprint density at radius 2 is 1.59 bits per heavy atom. The van der Waals surface area contributed by atoms with Crippen molar-refractivity contribution in [1.29, 1.82) is 0 Å². The zero-order valence-electron chi connectivity index (χ0n) is 16.6. The topological polar surface area (TPSA) is 58.6 Å². The SMILES string of the molecule is COc1ccc(NC2=C(Sc3ccccc3)C(=O)N(c3ccc(Cl)c(Cl)c3)C2=O)cc1Cl. The Morgan fingerprint density at radius 3 is 2.25 bits per heavy atom. The molecule has 9 heteroatoms. The maximum Gasteiger partial charge on any atom is 0.283 e. The second kappa shape index (κ2) is 9.46. The van der Waals surface area contributed by atoms with E-state index in [2.05, 4.69) is 5.32 Å². The number of methoxy groups -OCH3 is 1. The van der Waals surface area contributed by atoms with Crippen molar-refractivity contribution in [2.75, 3.05) is 17.3 Å². The Labute approximate surface area is 203 Å². The minimum absolute atomic E-state index is 0.135. The van der Waals surface area contributed by atoms with Gasteiger partial charge in [-0.25, -0.2) is 4.90 Å². The molecule has 0 saturated carbocycles. The van der Waals surface area contributed by atoms with Crippen molar-refractivity contribution in [3.63, 3.8) is 0 Å². The van der Waals surface area contributed by atoms with Crippen LogP contribution in [0.5, 0.6) is 5.75 Å². The van der Waals surface area contributed by atoms with Crippen molar-refractivity contribution in [3.05, 3.63) is 92.4 Å². The van der Waals surface area contributed by atoms with Gasteiger partial charge in [0.05, 0.1) is 27.9 Å². The number of hydrogen-bond donors (Lipinski definition) is 1. The largest absolute Gasteiger partial charge is 0.495 e. The molecule has 5 nitrogen and oxygen atoms in total. The number of halogens is 3. The van der Waals surface area contributed by atoms with E-state index in [1.165, 1.54) is 24.9 Å². The van der Waals surface area contributed by atoms with Gasteiger partial charge in [-0.3, -0.25) is 9.59 Å². The smallest absolute Gasteiger partial charge is 0.283 e. The fraction of sp³-hybridized carbons (Fsp3) is 0.0435. The highest BCUT2D eigenvalue weighted by Gasteiger charge is 2.40. The van der Waals surface area contributed by atoms with Gasteiger partial charge in [0.1, 0.15) is 16.4 Å². The maximum atomic E-state index is 13.4. The summed E-state index contributed by atoms with van der Waals surface area (Å²) in [6.07, 6.45) is 0. The minimum Gasteiger partial charge on any atom is -0.495 e. The highest BCUT2D eigenvalue weighted by molar-refractivity contribution is 8.04. The lowest BCUT2D eigenvalue weighted by molar-refractivity contribution is -0.120. The van der Waals surface area contributed by atoms with Crippen molar-refractivity contribution >= 4 is 69.8 Å². The third kappa shape index (κ3) is 4.45. The predicted octanol–water partition coefficient (Wildman–Crippen LogP) is 6.64. The number of rotatable bonds is 6. The number of nitrogens with one attached hydrogen (secondary N) is 1. The molecule has 3 aromatic carbocycles. The van der Waals surface area contributed by atoms with Crippen LogP contribution in [0, 0.1) is 0 Å². The molecule has 0 atom stereocenters. The van der Waals surface area contributed by atoms with Gasteiger partial charge in [-0.1, -0.05) is 64.8 Å². The van der Waals surface area contributed by atoms with Crippen molar-refractivity contribution in [2.24, 2.45) is 0 Å². The molecular formula is C23H15Cl3N2O3S. The Bertz CT molecular complexity index is 1250. The van der Waals surface area contributed by atoms with E-state index in [9.17, 15) is 9.59 Å². The number of nitrogens with zero attached hydrogens (tertiary/aromatic N) is 1. The van der Waals surface area contributed by atoms with Crippen LogP contribution >= 0.6 is 46.6 Å². The van der Waals surface area contributed by atoms with Crippen LogP contribution in [0.2, 0.25) is 15.1 Å². The van der Waals surface area contributed by atoms with E-state index in [1.807, 2.05) is 30.3 Å². The average molecular weight is 506 g/mol. The van der Waals surface area contributed by atoms with Crippen LogP contribution in [0.1, 0.15) is 0 Å². The van der Waals surface area contributed by atoms with Gasteiger partial charge in [0, 0.05) is 10.6 Å². The zero-order chi connectivity index (χ0) is 22.8. The zero-order valence-corrected chi connectivity index (χ0v) is 19.6. The van der Waals surface area contributed by atoms with Crippen molar-refractivity contribution in [3.8, 4) is 5.75 Å². The second-order valence-corrected chi connectivity index (χ2v) is 8.94. The molecule has 0 spiro atoms. The van der Waals surface area contributed by atoms with Gasteiger partial charge in [0.2, 0.25) is 0 Å². The van der Waals surface area contributed by atoms with E-state index < -0.39 is 11.8 Å². The summed E-state index contributed by atoms with van der Waals surface area (Å²) in [5, 5.41) is 3.99. The molecule has 32 heavy (non-hydrogen) atoms. The first-order valence-corrected chi connectivity index (χ1v) is 11.3. The molecule has 0 radical (unpaired) electrons. The Balaban J connectivity index is 1.75. The summed E-state index contributed by atoms with van der Waals surface area (Å²) in [6, 6.07) is 18.9. The number of thioether (sulfide) groups is 1. The molecule has 4 rings (SSSR count). The van der Waals surface area contributed by atoms with Gasteiger partial charge in [0.25, 0.3) is 11.8 Å². The van der Waals surface area contributed by atoms with Crippen LogP contribution in [0.15, 0.2) is 82.2 Å². The number of ether oxygens (including phenoxy) is 1. The summed E-state index contributed by atoms with van der Waals surface area (Å²) in [5.41, 5.74) is 0.996. The number of carbonyl (C=O) groups is 2.